The number of nitrogens with two attached hydrogens (primary N) is 1. The number of primary amides is 1. The molecule has 0 heterocycles. The van der Waals surface area contributed by atoms with Gasteiger partial charge in [-0.1, -0.05) is 11.6 Å². The molecule has 23 heavy (non-hydrogen) atoms. The van der Waals surface area contributed by atoms with Crippen molar-refractivity contribution < 1.29 is 14.3 Å². The van der Waals surface area contributed by atoms with Crippen molar-refractivity contribution in [3.8, 4) is 5.75 Å². The summed E-state index contributed by atoms with van der Waals surface area (Å²) >= 11 is 7.23. The fourth-order valence-electron chi connectivity index (χ4n) is 1.67. The topological polar surface area (TPSA) is 81.4 Å². The maximum absolute atomic E-state index is 11.9. The third-order valence-corrected chi connectivity index (χ3v) is 3.97. The molecule has 2 amide bonds. The van der Waals surface area contributed by atoms with Crippen LogP contribution in [0, 0.1) is 0 Å². The number of nitrogens with one attached hydrogen (secondary N) is 1. The van der Waals surface area contributed by atoms with Gasteiger partial charge in [0.25, 0.3) is 5.91 Å². The molecule has 0 aliphatic rings. The van der Waals surface area contributed by atoms with Crippen molar-refractivity contribution in [3.05, 3.63) is 53.6 Å². The lowest BCUT2D eigenvalue weighted by molar-refractivity contribution is -0.120. The SMILES string of the molecule is NC(=O)COc1ccc(NC(=O)CSc2ccc(Cl)cc2)cc1. The Kier molecular flexibility index (Phi) is 6.31. The quantitative estimate of drug-likeness (QED) is 0.752. The summed E-state index contributed by atoms with van der Waals surface area (Å²) < 4.78 is 5.14. The highest BCUT2D eigenvalue weighted by Gasteiger charge is 2.04. The Morgan fingerprint density at radius 1 is 1.09 bits per heavy atom. The summed E-state index contributed by atoms with van der Waals surface area (Å²) in [6.07, 6.45) is 0. The standard InChI is InChI=1S/C16H15ClN2O3S/c17-11-1-7-14(8-2-11)23-10-16(21)19-12-3-5-13(6-4-12)22-9-15(18)20/h1-8H,9-10H2,(H2,18,20)(H,19,21). The molecule has 2 aromatic rings. The lowest BCUT2D eigenvalue weighted by atomic mass is 10.3. The molecule has 0 unspecified atom stereocenters. The van der Waals surface area contributed by atoms with E-state index in [4.69, 9.17) is 22.1 Å². The van der Waals surface area contributed by atoms with E-state index in [2.05, 4.69) is 5.32 Å². The second kappa shape index (κ2) is 8.45. The number of carbonyl (C=O) groups excluding carboxylic acids is 2. The van der Waals surface area contributed by atoms with Crippen molar-refractivity contribution in [2.24, 2.45) is 5.73 Å². The molecule has 0 saturated heterocycles. The zero-order valence-electron chi connectivity index (χ0n) is 12.1. The Morgan fingerprint density at radius 3 is 2.35 bits per heavy atom. The Morgan fingerprint density at radius 2 is 1.74 bits per heavy atom. The van der Waals surface area contributed by atoms with Gasteiger partial charge in [-0.3, -0.25) is 9.59 Å². The minimum Gasteiger partial charge on any atom is -0.484 e. The van der Waals surface area contributed by atoms with Crippen molar-refractivity contribution in [2.75, 3.05) is 17.7 Å². The molecule has 0 fully saturated rings. The molecule has 3 N–H and O–H groups in total. The molecular formula is C16H15ClN2O3S. The second-order valence-corrected chi connectivity index (χ2v) is 6.06. The number of ether oxygens (including phenoxy) is 1. The second-order valence-electron chi connectivity index (χ2n) is 4.57. The first-order valence-electron chi connectivity index (χ1n) is 6.72. The minimum atomic E-state index is -0.540. The van der Waals surface area contributed by atoms with Gasteiger partial charge in [0, 0.05) is 15.6 Å². The number of benzene rings is 2. The van der Waals surface area contributed by atoms with Gasteiger partial charge in [-0.2, -0.15) is 0 Å². The number of anilines is 1. The third kappa shape index (κ3) is 6.22. The summed E-state index contributed by atoms with van der Waals surface area (Å²) in [7, 11) is 0. The zero-order valence-corrected chi connectivity index (χ0v) is 13.7. The molecule has 120 valence electrons. The van der Waals surface area contributed by atoms with Crippen molar-refractivity contribution in [1.82, 2.24) is 0 Å². The van der Waals surface area contributed by atoms with E-state index in [1.165, 1.54) is 11.8 Å². The summed E-state index contributed by atoms with van der Waals surface area (Å²) in [4.78, 5) is 23.5. The van der Waals surface area contributed by atoms with Crippen LogP contribution in [0.4, 0.5) is 5.69 Å². The van der Waals surface area contributed by atoms with Gasteiger partial charge in [-0.15, -0.1) is 11.8 Å². The number of halogens is 1. The highest BCUT2D eigenvalue weighted by atomic mass is 35.5. The molecule has 5 nitrogen and oxygen atoms in total. The predicted molar refractivity (Wildman–Crippen MR) is 91.9 cm³/mol. The monoisotopic (exact) mass is 350 g/mol. The van der Waals surface area contributed by atoms with Gasteiger partial charge >= 0.3 is 0 Å². The number of hydrogen-bond donors (Lipinski definition) is 2. The first kappa shape index (κ1) is 17.2. The highest BCUT2D eigenvalue weighted by Crippen LogP contribution is 2.21. The van der Waals surface area contributed by atoms with Gasteiger partial charge in [0.1, 0.15) is 5.75 Å². The van der Waals surface area contributed by atoms with Gasteiger partial charge in [0.05, 0.1) is 5.75 Å². The Balaban J connectivity index is 1.80. The minimum absolute atomic E-state index is 0.115. The Hall–Kier alpha value is -2.18. The molecule has 0 saturated carbocycles. The molecule has 0 aromatic heterocycles. The van der Waals surface area contributed by atoms with E-state index in [-0.39, 0.29) is 12.5 Å². The fourth-order valence-corrected chi connectivity index (χ4v) is 2.49. The van der Waals surface area contributed by atoms with Crippen LogP contribution >= 0.6 is 23.4 Å². The van der Waals surface area contributed by atoms with Crippen LogP contribution in [0.3, 0.4) is 0 Å². The van der Waals surface area contributed by atoms with Crippen LogP contribution in [0.1, 0.15) is 0 Å². The number of amides is 2. The van der Waals surface area contributed by atoms with Crippen LogP contribution in [0.5, 0.6) is 5.75 Å². The molecule has 0 spiro atoms. The number of rotatable bonds is 7. The summed E-state index contributed by atoms with van der Waals surface area (Å²) in [5.41, 5.74) is 5.65. The molecule has 0 aliphatic heterocycles. The molecule has 2 aromatic carbocycles. The first-order valence-corrected chi connectivity index (χ1v) is 8.08. The molecule has 7 heteroatoms. The molecule has 0 bridgehead atoms. The van der Waals surface area contributed by atoms with E-state index < -0.39 is 5.91 Å². The van der Waals surface area contributed by atoms with Crippen LogP contribution in [0.15, 0.2) is 53.4 Å². The van der Waals surface area contributed by atoms with E-state index in [1.807, 2.05) is 12.1 Å². The van der Waals surface area contributed by atoms with Gasteiger partial charge in [0.15, 0.2) is 6.61 Å². The summed E-state index contributed by atoms with van der Waals surface area (Å²) in [6.45, 7) is -0.177. The van der Waals surface area contributed by atoms with Crippen LogP contribution < -0.4 is 15.8 Å². The predicted octanol–water partition coefficient (Wildman–Crippen LogP) is 2.93. The average molecular weight is 351 g/mol. The van der Waals surface area contributed by atoms with Crippen molar-refractivity contribution >= 4 is 40.9 Å². The van der Waals surface area contributed by atoms with Crippen molar-refractivity contribution in [2.45, 2.75) is 4.90 Å². The van der Waals surface area contributed by atoms with Gasteiger partial charge < -0.3 is 15.8 Å². The van der Waals surface area contributed by atoms with Gasteiger partial charge in [0.2, 0.25) is 5.91 Å². The third-order valence-electron chi connectivity index (χ3n) is 2.70. The number of carbonyl (C=O) groups is 2. The maximum Gasteiger partial charge on any atom is 0.255 e. The zero-order chi connectivity index (χ0) is 16.7. The number of thioether (sulfide) groups is 1. The normalized spacial score (nSPS) is 10.1. The van der Waals surface area contributed by atoms with Crippen molar-refractivity contribution in [3.63, 3.8) is 0 Å². The molecule has 0 radical (unpaired) electrons. The summed E-state index contributed by atoms with van der Waals surface area (Å²) in [5, 5.41) is 3.45. The molecule has 0 atom stereocenters. The largest absolute Gasteiger partial charge is 0.484 e. The fraction of sp³-hybridized carbons (Fsp3) is 0.125. The first-order chi connectivity index (χ1) is 11.0. The van der Waals surface area contributed by atoms with Crippen LogP contribution in [0.25, 0.3) is 0 Å². The van der Waals surface area contributed by atoms with E-state index in [0.29, 0.717) is 22.2 Å². The van der Waals surface area contributed by atoms with Gasteiger partial charge in [-0.05, 0) is 48.5 Å². The van der Waals surface area contributed by atoms with E-state index in [1.54, 1.807) is 36.4 Å². The van der Waals surface area contributed by atoms with E-state index in [0.717, 1.165) is 4.90 Å². The lowest BCUT2D eigenvalue weighted by Crippen LogP contribution is -2.20. The molecule has 2 rings (SSSR count). The van der Waals surface area contributed by atoms with Crippen LogP contribution in [-0.2, 0) is 9.59 Å². The van der Waals surface area contributed by atoms with Crippen molar-refractivity contribution in [1.29, 1.82) is 0 Å². The Labute approximate surface area is 143 Å². The van der Waals surface area contributed by atoms with Crippen LogP contribution in [0.2, 0.25) is 5.02 Å². The van der Waals surface area contributed by atoms with E-state index in [9.17, 15) is 9.59 Å². The Bertz CT molecular complexity index is 675. The smallest absolute Gasteiger partial charge is 0.255 e. The average Bonchev–Trinajstić information content (AvgIpc) is 2.53. The summed E-state index contributed by atoms with van der Waals surface area (Å²) in [5.74, 6) is 0.149. The summed E-state index contributed by atoms with van der Waals surface area (Å²) in [6, 6.07) is 14.0. The lowest BCUT2D eigenvalue weighted by Gasteiger charge is -2.07. The number of hydrogen-bond acceptors (Lipinski definition) is 4. The molecular weight excluding hydrogens is 336 g/mol. The highest BCUT2D eigenvalue weighted by molar-refractivity contribution is 8.00. The van der Waals surface area contributed by atoms with E-state index >= 15 is 0 Å². The van der Waals surface area contributed by atoms with Crippen LogP contribution in [-0.4, -0.2) is 24.2 Å². The van der Waals surface area contributed by atoms with Gasteiger partial charge in [-0.25, -0.2) is 0 Å². The maximum atomic E-state index is 11.9. The molecule has 0 aliphatic carbocycles.